The van der Waals surface area contributed by atoms with Gasteiger partial charge in [0.2, 0.25) is 0 Å². The Morgan fingerprint density at radius 2 is 1.92 bits per heavy atom. The lowest BCUT2D eigenvalue weighted by Gasteiger charge is -2.36. The molecule has 1 aliphatic heterocycles. The van der Waals surface area contributed by atoms with Crippen LogP contribution >= 0.6 is 0 Å². The van der Waals surface area contributed by atoms with Crippen LogP contribution < -0.4 is 0 Å². The summed E-state index contributed by atoms with van der Waals surface area (Å²) in [6.07, 6.45) is 1.35. The molecule has 0 radical (unpaired) electrons. The molecule has 12 heavy (non-hydrogen) atoms. The zero-order valence-corrected chi connectivity index (χ0v) is 8.13. The average molecular weight is 170 g/mol. The highest BCUT2D eigenvalue weighted by Gasteiger charge is 2.22. The summed E-state index contributed by atoms with van der Waals surface area (Å²) in [5.41, 5.74) is 0. The average Bonchev–Trinajstić information content (AvgIpc) is 2.01. The van der Waals surface area contributed by atoms with E-state index in [1.807, 2.05) is 6.92 Å². The van der Waals surface area contributed by atoms with Gasteiger partial charge in [-0.05, 0) is 13.8 Å². The molecule has 0 bridgehead atoms. The van der Waals surface area contributed by atoms with E-state index in [4.69, 9.17) is 10.1 Å². The number of hydrogen-bond acceptors (Lipinski definition) is 2. The Labute approximate surface area is 74.2 Å². The van der Waals surface area contributed by atoms with Crippen LogP contribution in [0.15, 0.2) is 0 Å². The maximum atomic E-state index is 7.68. The van der Waals surface area contributed by atoms with Crippen LogP contribution in [0.2, 0.25) is 0 Å². The predicted octanol–water partition coefficient (Wildman–Crippen LogP) is 1.48. The molecule has 1 heterocycles. The van der Waals surface area contributed by atoms with Crippen molar-refractivity contribution in [1.29, 1.82) is 5.41 Å². The summed E-state index contributed by atoms with van der Waals surface area (Å²) in [6.45, 7) is 7.89. The zero-order chi connectivity index (χ0) is 9.14. The molecule has 1 fully saturated rings. The molecular formula is C9H18N2O. The molecule has 1 saturated heterocycles. The summed E-state index contributed by atoms with van der Waals surface area (Å²) in [5.74, 6) is 0.733. The largest absolute Gasteiger partial charge is 0.372 e. The molecule has 0 spiro atoms. The molecule has 0 aliphatic carbocycles. The summed E-state index contributed by atoms with van der Waals surface area (Å²) in [6, 6.07) is 0. The number of amidine groups is 1. The fourth-order valence-electron chi connectivity index (χ4n) is 1.62. The third-order valence-corrected chi connectivity index (χ3v) is 2.14. The van der Waals surface area contributed by atoms with Crippen LogP contribution in [-0.4, -0.2) is 36.0 Å². The van der Waals surface area contributed by atoms with Crippen LogP contribution in [-0.2, 0) is 4.74 Å². The molecule has 1 N–H and O–H groups in total. The normalized spacial score (nSPS) is 30.4. The van der Waals surface area contributed by atoms with Gasteiger partial charge < -0.3 is 9.64 Å². The van der Waals surface area contributed by atoms with Gasteiger partial charge in [-0.1, -0.05) is 6.92 Å². The van der Waals surface area contributed by atoms with Crippen LogP contribution in [0.3, 0.4) is 0 Å². The number of nitrogens with zero attached hydrogens (tertiary/aromatic N) is 1. The van der Waals surface area contributed by atoms with Crippen molar-refractivity contribution >= 4 is 5.84 Å². The molecule has 0 amide bonds. The maximum Gasteiger partial charge on any atom is 0.0956 e. The van der Waals surface area contributed by atoms with Crippen molar-refractivity contribution in [3.63, 3.8) is 0 Å². The van der Waals surface area contributed by atoms with Crippen LogP contribution in [0.1, 0.15) is 27.2 Å². The molecule has 0 aromatic carbocycles. The Kier molecular flexibility index (Phi) is 3.09. The molecule has 1 rings (SSSR count). The predicted molar refractivity (Wildman–Crippen MR) is 49.6 cm³/mol. The Bertz CT molecular complexity index is 160. The van der Waals surface area contributed by atoms with Crippen LogP contribution in [0.25, 0.3) is 0 Å². The molecule has 0 aromatic heterocycles. The fourth-order valence-corrected chi connectivity index (χ4v) is 1.62. The first kappa shape index (κ1) is 9.52. The summed E-state index contributed by atoms with van der Waals surface area (Å²) >= 11 is 0. The zero-order valence-electron chi connectivity index (χ0n) is 8.13. The quantitative estimate of drug-likeness (QED) is 0.478. The van der Waals surface area contributed by atoms with Gasteiger partial charge in [-0.3, -0.25) is 5.41 Å². The molecule has 3 nitrogen and oxygen atoms in total. The van der Waals surface area contributed by atoms with E-state index in [1.54, 1.807) is 0 Å². The Morgan fingerprint density at radius 3 is 2.33 bits per heavy atom. The van der Waals surface area contributed by atoms with E-state index in [0.717, 1.165) is 25.3 Å². The van der Waals surface area contributed by atoms with Gasteiger partial charge in [-0.25, -0.2) is 0 Å². The van der Waals surface area contributed by atoms with Gasteiger partial charge in [-0.15, -0.1) is 0 Å². The minimum atomic E-state index is 0.264. The highest BCUT2D eigenvalue weighted by atomic mass is 16.5. The van der Waals surface area contributed by atoms with E-state index in [1.165, 1.54) is 0 Å². The van der Waals surface area contributed by atoms with Crippen LogP contribution in [0.5, 0.6) is 0 Å². The monoisotopic (exact) mass is 170 g/mol. The highest BCUT2D eigenvalue weighted by Crippen LogP contribution is 2.11. The second-order valence-electron chi connectivity index (χ2n) is 3.46. The van der Waals surface area contributed by atoms with Crippen molar-refractivity contribution in [3.8, 4) is 0 Å². The molecule has 0 unspecified atom stereocenters. The van der Waals surface area contributed by atoms with Crippen LogP contribution in [0, 0.1) is 5.41 Å². The van der Waals surface area contributed by atoms with E-state index >= 15 is 0 Å². The fraction of sp³-hybridized carbons (Fsp3) is 0.889. The molecule has 2 atom stereocenters. The number of hydrogen-bond donors (Lipinski definition) is 1. The Hall–Kier alpha value is -0.570. The van der Waals surface area contributed by atoms with Gasteiger partial charge in [0.1, 0.15) is 0 Å². The molecule has 1 aliphatic rings. The van der Waals surface area contributed by atoms with Crippen molar-refractivity contribution in [2.75, 3.05) is 13.1 Å². The lowest BCUT2D eigenvalue weighted by Crippen LogP contribution is -2.47. The number of rotatable bonds is 1. The lowest BCUT2D eigenvalue weighted by atomic mass is 10.2. The van der Waals surface area contributed by atoms with Crippen molar-refractivity contribution in [2.45, 2.75) is 39.4 Å². The SMILES string of the molecule is CCC(=N)N1C[C@@H](C)O[C@@H](C)C1. The lowest BCUT2D eigenvalue weighted by molar-refractivity contribution is -0.0486. The highest BCUT2D eigenvalue weighted by molar-refractivity contribution is 5.78. The van der Waals surface area contributed by atoms with Gasteiger partial charge in [-0.2, -0.15) is 0 Å². The summed E-state index contributed by atoms with van der Waals surface area (Å²) in [5, 5.41) is 7.68. The maximum absolute atomic E-state index is 7.68. The Morgan fingerprint density at radius 1 is 1.42 bits per heavy atom. The third kappa shape index (κ3) is 2.21. The molecule has 3 heteroatoms. The third-order valence-electron chi connectivity index (χ3n) is 2.14. The van der Waals surface area contributed by atoms with Crippen LogP contribution in [0.4, 0.5) is 0 Å². The second-order valence-corrected chi connectivity index (χ2v) is 3.46. The first-order valence-corrected chi connectivity index (χ1v) is 4.61. The van der Waals surface area contributed by atoms with E-state index in [0.29, 0.717) is 0 Å². The smallest absolute Gasteiger partial charge is 0.0956 e. The minimum absolute atomic E-state index is 0.264. The van der Waals surface area contributed by atoms with Gasteiger partial charge >= 0.3 is 0 Å². The van der Waals surface area contributed by atoms with E-state index in [9.17, 15) is 0 Å². The summed E-state index contributed by atoms with van der Waals surface area (Å²) < 4.78 is 5.57. The van der Waals surface area contributed by atoms with Gasteiger partial charge in [0, 0.05) is 19.5 Å². The van der Waals surface area contributed by atoms with E-state index in [-0.39, 0.29) is 12.2 Å². The standard InChI is InChI=1S/C9H18N2O/c1-4-9(10)11-5-7(2)12-8(3)6-11/h7-8,10H,4-6H2,1-3H3/t7-,8+. The molecule has 70 valence electrons. The molecular weight excluding hydrogens is 152 g/mol. The molecule has 0 saturated carbocycles. The topological polar surface area (TPSA) is 36.3 Å². The molecule has 0 aromatic rings. The first-order valence-electron chi connectivity index (χ1n) is 4.61. The van der Waals surface area contributed by atoms with Gasteiger partial charge in [0.15, 0.2) is 0 Å². The van der Waals surface area contributed by atoms with E-state index < -0.39 is 0 Å². The Balaban J connectivity index is 2.49. The van der Waals surface area contributed by atoms with Crippen molar-refractivity contribution in [3.05, 3.63) is 0 Å². The van der Waals surface area contributed by atoms with Crippen molar-refractivity contribution < 1.29 is 4.74 Å². The number of nitrogens with one attached hydrogen (secondary N) is 1. The minimum Gasteiger partial charge on any atom is -0.372 e. The second kappa shape index (κ2) is 3.90. The van der Waals surface area contributed by atoms with Crippen molar-refractivity contribution in [1.82, 2.24) is 4.90 Å². The number of morpholine rings is 1. The van der Waals surface area contributed by atoms with Crippen molar-refractivity contribution in [2.24, 2.45) is 0 Å². The summed E-state index contributed by atoms with van der Waals surface area (Å²) in [7, 11) is 0. The van der Waals surface area contributed by atoms with Gasteiger partial charge in [0.05, 0.1) is 18.0 Å². The van der Waals surface area contributed by atoms with Gasteiger partial charge in [0.25, 0.3) is 0 Å². The first-order chi connectivity index (χ1) is 5.63. The number of ether oxygens (including phenoxy) is 1. The summed E-state index contributed by atoms with van der Waals surface area (Å²) in [4.78, 5) is 2.11. The van der Waals surface area contributed by atoms with E-state index in [2.05, 4.69) is 18.7 Å².